The zero-order valence-electron chi connectivity index (χ0n) is 11.7. The van der Waals surface area contributed by atoms with Gasteiger partial charge >= 0.3 is 5.97 Å². The summed E-state index contributed by atoms with van der Waals surface area (Å²) in [6, 6.07) is 0. The number of carboxylic acids is 1. The number of sulfonamides is 1. The number of hydrogen-bond donors (Lipinski definition) is 1. The maximum absolute atomic E-state index is 11.4. The number of aromatic nitrogens is 2. The normalized spacial score (nSPS) is 18.0. The van der Waals surface area contributed by atoms with Crippen LogP contribution in [-0.2, 0) is 27.8 Å². The number of nitrogens with zero attached hydrogens (tertiary/aromatic N) is 4. The van der Waals surface area contributed by atoms with Crippen LogP contribution in [0.3, 0.4) is 0 Å². The lowest BCUT2D eigenvalue weighted by molar-refractivity contribution is -0.137. The molecule has 0 radical (unpaired) electrons. The van der Waals surface area contributed by atoms with Crippen LogP contribution in [0.2, 0.25) is 0 Å². The van der Waals surface area contributed by atoms with Gasteiger partial charge in [0.05, 0.1) is 19.2 Å². The molecular formula is C11H18N4O5S. The van der Waals surface area contributed by atoms with Gasteiger partial charge < -0.3 is 9.63 Å². The lowest BCUT2D eigenvalue weighted by Gasteiger charge is -2.32. The second-order valence-corrected chi connectivity index (χ2v) is 6.92. The number of carboxylic acid groups (broad SMARTS) is 1. The molecule has 0 spiro atoms. The Hall–Kier alpha value is -1.52. The van der Waals surface area contributed by atoms with Gasteiger partial charge in [-0.3, -0.25) is 9.69 Å². The van der Waals surface area contributed by atoms with E-state index < -0.39 is 16.0 Å². The van der Waals surface area contributed by atoms with Crippen molar-refractivity contribution in [1.82, 2.24) is 19.3 Å². The monoisotopic (exact) mass is 318 g/mol. The average molecular weight is 318 g/mol. The van der Waals surface area contributed by atoms with Crippen LogP contribution in [0.4, 0.5) is 0 Å². The van der Waals surface area contributed by atoms with Gasteiger partial charge in [-0.2, -0.15) is 9.29 Å². The highest BCUT2D eigenvalue weighted by Gasteiger charge is 2.24. The van der Waals surface area contributed by atoms with E-state index >= 15 is 0 Å². The van der Waals surface area contributed by atoms with Crippen LogP contribution >= 0.6 is 0 Å². The van der Waals surface area contributed by atoms with Gasteiger partial charge in [-0.05, 0) is 0 Å². The third-order valence-corrected chi connectivity index (χ3v) is 4.53. The van der Waals surface area contributed by atoms with E-state index in [2.05, 4.69) is 10.1 Å². The largest absolute Gasteiger partial charge is 0.481 e. The molecule has 1 aliphatic rings. The smallest absolute Gasteiger partial charge is 0.303 e. The fraction of sp³-hybridized carbons (Fsp3) is 0.727. The van der Waals surface area contributed by atoms with Crippen LogP contribution < -0.4 is 0 Å². The first-order chi connectivity index (χ1) is 9.84. The molecule has 0 aromatic carbocycles. The Balaban J connectivity index is 1.82. The van der Waals surface area contributed by atoms with Crippen molar-refractivity contribution < 1.29 is 22.8 Å². The summed E-state index contributed by atoms with van der Waals surface area (Å²) in [5, 5.41) is 12.4. The Morgan fingerprint density at radius 3 is 2.57 bits per heavy atom. The quantitative estimate of drug-likeness (QED) is 0.722. The first kappa shape index (κ1) is 15.9. The van der Waals surface area contributed by atoms with E-state index in [-0.39, 0.29) is 12.8 Å². The SMILES string of the molecule is CS(=O)(=O)N1CCN(Cc2noc(CCC(=O)O)n2)CC1. The molecule has 1 aliphatic heterocycles. The van der Waals surface area contributed by atoms with Crippen molar-refractivity contribution in [3.8, 4) is 0 Å². The van der Waals surface area contributed by atoms with Gasteiger partial charge in [-0.25, -0.2) is 8.42 Å². The standard InChI is InChI=1S/C11H18N4O5S/c1-21(18,19)15-6-4-14(5-7-15)8-9-12-10(20-13-9)2-3-11(16)17/h2-8H2,1H3,(H,16,17). The molecule has 21 heavy (non-hydrogen) atoms. The number of rotatable bonds is 6. The summed E-state index contributed by atoms with van der Waals surface area (Å²) in [4.78, 5) is 16.6. The van der Waals surface area contributed by atoms with Crippen LogP contribution in [0, 0.1) is 0 Å². The van der Waals surface area contributed by atoms with Crippen molar-refractivity contribution in [2.75, 3.05) is 32.4 Å². The molecule has 0 unspecified atom stereocenters. The van der Waals surface area contributed by atoms with E-state index in [4.69, 9.17) is 9.63 Å². The van der Waals surface area contributed by atoms with Gasteiger partial charge in [0.1, 0.15) is 0 Å². The Labute approximate surface area is 122 Å². The lowest BCUT2D eigenvalue weighted by Crippen LogP contribution is -2.47. The molecule has 0 saturated carbocycles. The molecule has 2 rings (SSSR count). The summed E-state index contributed by atoms with van der Waals surface area (Å²) in [5.74, 6) is -0.114. The highest BCUT2D eigenvalue weighted by atomic mass is 32.2. The van der Waals surface area contributed by atoms with Crippen LogP contribution in [0.25, 0.3) is 0 Å². The number of aryl methyl sites for hydroxylation is 1. The van der Waals surface area contributed by atoms with Crippen molar-refractivity contribution in [3.63, 3.8) is 0 Å². The highest BCUT2D eigenvalue weighted by molar-refractivity contribution is 7.88. The Kier molecular flexibility index (Phi) is 4.91. The Bertz CT molecular complexity index is 592. The van der Waals surface area contributed by atoms with Crippen LogP contribution in [0.1, 0.15) is 18.1 Å². The van der Waals surface area contributed by atoms with Gasteiger partial charge in [0.2, 0.25) is 15.9 Å². The zero-order valence-corrected chi connectivity index (χ0v) is 12.5. The topological polar surface area (TPSA) is 117 Å². The van der Waals surface area contributed by atoms with Gasteiger partial charge in [-0.15, -0.1) is 0 Å². The first-order valence-electron chi connectivity index (χ1n) is 6.55. The van der Waals surface area contributed by atoms with E-state index in [1.807, 2.05) is 4.90 Å². The lowest BCUT2D eigenvalue weighted by atomic mass is 10.3. The van der Waals surface area contributed by atoms with Crippen LogP contribution in [0.15, 0.2) is 4.52 Å². The maximum atomic E-state index is 11.4. The number of piperazine rings is 1. The Morgan fingerprint density at radius 1 is 1.33 bits per heavy atom. The molecule has 1 aromatic rings. The summed E-state index contributed by atoms with van der Waals surface area (Å²) in [6.07, 6.45) is 1.37. The molecule has 1 aromatic heterocycles. The average Bonchev–Trinajstić information content (AvgIpc) is 2.83. The minimum atomic E-state index is -3.13. The number of carbonyl (C=O) groups is 1. The first-order valence-corrected chi connectivity index (χ1v) is 8.40. The molecular weight excluding hydrogens is 300 g/mol. The molecule has 118 valence electrons. The molecule has 9 nitrogen and oxygen atoms in total. The van der Waals surface area contributed by atoms with Crippen LogP contribution in [0.5, 0.6) is 0 Å². The Morgan fingerprint density at radius 2 is 2.00 bits per heavy atom. The number of aliphatic carboxylic acids is 1. The highest BCUT2D eigenvalue weighted by Crippen LogP contribution is 2.09. The summed E-state index contributed by atoms with van der Waals surface area (Å²) < 4.78 is 29.2. The second kappa shape index (κ2) is 6.50. The van der Waals surface area contributed by atoms with Crippen LogP contribution in [-0.4, -0.2) is 71.3 Å². The third-order valence-electron chi connectivity index (χ3n) is 3.23. The fourth-order valence-electron chi connectivity index (χ4n) is 2.09. The molecule has 0 atom stereocenters. The molecule has 10 heteroatoms. The van der Waals surface area contributed by atoms with Gasteiger partial charge in [0, 0.05) is 32.6 Å². The minimum absolute atomic E-state index is 0.0470. The van der Waals surface area contributed by atoms with E-state index in [0.29, 0.717) is 44.4 Å². The van der Waals surface area contributed by atoms with E-state index in [1.54, 1.807) is 0 Å². The summed E-state index contributed by atoms with van der Waals surface area (Å²) >= 11 is 0. The van der Waals surface area contributed by atoms with E-state index in [0.717, 1.165) is 0 Å². The van der Waals surface area contributed by atoms with Crippen molar-refractivity contribution in [1.29, 1.82) is 0 Å². The molecule has 1 fully saturated rings. The zero-order chi connectivity index (χ0) is 15.5. The van der Waals surface area contributed by atoms with Crippen molar-refractivity contribution in [2.45, 2.75) is 19.4 Å². The molecule has 1 saturated heterocycles. The van der Waals surface area contributed by atoms with Crippen molar-refractivity contribution in [2.24, 2.45) is 0 Å². The van der Waals surface area contributed by atoms with Crippen molar-refractivity contribution in [3.05, 3.63) is 11.7 Å². The van der Waals surface area contributed by atoms with Crippen molar-refractivity contribution >= 4 is 16.0 Å². The molecule has 1 N–H and O–H groups in total. The fourth-order valence-corrected chi connectivity index (χ4v) is 2.92. The summed E-state index contributed by atoms with van der Waals surface area (Å²) in [7, 11) is -3.13. The summed E-state index contributed by atoms with van der Waals surface area (Å²) in [6.45, 7) is 2.57. The van der Waals surface area contributed by atoms with Gasteiger partial charge in [-0.1, -0.05) is 5.16 Å². The molecule has 0 bridgehead atoms. The predicted molar refractivity (Wildman–Crippen MR) is 71.9 cm³/mol. The predicted octanol–water partition coefficient (Wildman–Crippen LogP) is -0.836. The molecule has 2 heterocycles. The van der Waals surface area contributed by atoms with E-state index in [9.17, 15) is 13.2 Å². The number of hydrogen-bond acceptors (Lipinski definition) is 7. The summed E-state index contributed by atoms with van der Waals surface area (Å²) in [5.41, 5.74) is 0. The molecule has 0 amide bonds. The molecule has 0 aliphatic carbocycles. The maximum Gasteiger partial charge on any atom is 0.303 e. The van der Waals surface area contributed by atoms with Gasteiger partial charge in [0.15, 0.2) is 5.82 Å². The second-order valence-electron chi connectivity index (χ2n) is 4.94. The van der Waals surface area contributed by atoms with Gasteiger partial charge in [0.25, 0.3) is 0 Å². The van der Waals surface area contributed by atoms with E-state index in [1.165, 1.54) is 10.6 Å². The minimum Gasteiger partial charge on any atom is -0.481 e. The third kappa shape index (κ3) is 4.76.